The minimum Gasteiger partial charge on any atom is -0.358 e. The maximum atomic E-state index is 12.1. The molecule has 0 fully saturated rings. The molecule has 2 atom stereocenters. The normalized spacial score (nSPS) is 19.5. The van der Waals surface area contributed by atoms with Crippen LogP contribution in [0.1, 0.15) is 12.5 Å². The standard InChI is InChI=1S/C15H21N3O/c1-3-8-17-15(19)11(2)18-10-13(16)9-12-6-4-5-7-14(12)18/h3-7,11,13H,1,8-10,16H2,2H3,(H,17,19). The number of benzene rings is 1. The third-order valence-corrected chi connectivity index (χ3v) is 3.48. The maximum absolute atomic E-state index is 12.1. The molecule has 1 aliphatic rings. The summed E-state index contributed by atoms with van der Waals surface area (Å²) >= 11 is 0. The molecule has 1 aromatic rings. The number of carbonyl (C=O) groups excluding carboxylic acids is 1. The number of nitrogens with two attached hydrogens (primary N) is 1. The van der Waals surface area contributed by atoms with E-state index >= 15 is 0 Å². The lowest BCUT2D eigenvalue weighted by atomic mass is 9.97. The lowest BCUT2D eigenvalue weighted by Gasteiger charge is -2.38. The molecule has 4 heteroatoms. The van der Waals surface area contributed by atoms with Crippen molar-refractivity contribution >= 4 is 11.6 Å². The molecule has 1 heterocycles. The molecule has 4 nitrogen and oxygen atoms in total. The first-order valence-electron chi connectivity index (χ1n) is 6.62. The first-order valence-corrected chi connectivity index (χ1v) is 6.62. The van der Waals surface area contributed by atoms with Crippen molar-refractivity contribution in [3.63, 3.8) is 0 Å². The largest absolute Gasteiger partial charge is 0.358 e. The fraction of sp³-hybridized carbons (Fsp3) is 0.400. The van der Waals surface area contributed by atoms with Crippen molar-refractivity contribution in [2.45, 2.75) is 25.4 Å². The number of anilines is 1. The Morgan fingerprint density at radius 1 is 1.63 bits per heavy atom. The van der Waals surface area contributed by atoms with Crippen LogP contribution in [0.4, 0.5) is 5.69 Å². The number of hydrogen-bond acceptors (Lipinski definition) is 3. The molecule has 2 unspecified atom stereocenters. The van der Waals surface area contributed by atoms with Crippen LogP contribution in [0.2, 0.25) is 0 Å². The number of amides is 1. The summed E-state index contributed by atoms with van der Waals surface area (Å²) in [4.78, 5) is 14.2. The van der Waals surface area contributed by atoms with Gasteiger partial charge in [0.25, 0.3) is 0 Å². The Labute approximate surface area is 114 Å². The molecule has 2 rings (SSSR count). The highest BCUT2D eigenvalue weighted by Crippen LogP contribution is 2.27. The highest BCUT2D eigenvalue weighted by molar-refractivity contribution is 5.85. The van der Waals surface area contributed by atoms with Crippen molar-refractivity contribution in [1.29, 1.82) is 0 Å². The quantitative estimate of drug-likeness (QED) is 0.795. The van der Waals surface area contributed by atoms with E-state index < -0.39 is 0 Å². The Morgan fingerprint density at radius 3 is 3.11 bits per heavy atom. The van der Waals surface area contributed by atoms with Gasteiger partial charge in [-0.2, -0.15) is 0 Å². The molecule has 0 spiro atoms. The zero-order valence-electron chi connectivity index (χ0n) is 11.3. The number of carbonyl (C=O) groups is 1. The van der Waals surface area contributed by atoms with Crippen LogP contribution in [-0.2, 0) is 11.2 Å². The van der Waals surface area contributed by atoms with E-state index in [1.54, 1.807) is 6.08 Å². The molecule has 0 saturated carbocycles. The van der Waals surface area contributed by atoms with Crippen molar-refractivity contribution < 1.29 is 4.79 Å². The SMILES string of the molecule is C=CCNC(=O)C(C)N1CC(N)Cc2ccccc21. The zero-order valence-corrected chi connectivity index (χ0v) is 11.3. The summed E-state index contributed by atoms with van der Waals surface area (Å²) in [7, 11) is 0. The molecule has 3 N–H and O–H groups in total. The van der Waals surface area contributed by atoms with Crippen LogP contribution in [0.25, 0.3) is 0 Å². The molecule has 19 heavy (non-hydrogen) atoms. The van der Waals surface area contributed by atoms with Crippen molar-refractivity contribution in [2.75, 3.05) is 18.0 Å². The third-order valence-electron chi connectivity index (χ3n) is 3.48. The number of hydrogen-bond donors (Lipinski definition) is 2. The van der Waals surface area contributed by atoms with Gasteiger partial charge >= 0.3 is 0 Å². The van der Waals surface area contributed by atoms with E-state index in [0.717, 1.165) is 12.1 Å². The summed E-state index contributed by atoms with van der Waals surface area (Å²) in [6, 6.07) is 7.99. The summed E-state index contributed by atoms with van der Waals surface area (Å²) in [5.41, 5.74) is 8.42. The summed E-state index contributed by atoms with van der Waals surface area (Å²) in [5, 5.41) is 2.84. The van der Waals surface area contributed by atoms with Crippen molar-refractivity contribution in [3.8, 4) is 0 Å². The first-order chi connectivity index (χ1) is 9.13. The minimum atomic E-state index is -0.229. The van der Waals surface area contributed by atoms with Gasteiger partial charge in [-0.3, -0.25) is 4.79 Å². The Kier molecular flexibility index (Phi) is 4.22. The Bertz CT molecular complexity index is 472. The lowest BCUT2D eigenvalue weighted by molar-refractivity contribution is -0.121. The van der Waals surface area contributed by atoms with Crippen molar-refractivity contribution in [3.05, 3.63) is 42.5 Å². The van der Waals surface area contributed by atoms with E-state index in [4.69, 9.17) is 5.73 Å². The Morgan fingerprint density at radius 2 is 2.37 bits per heavy atom. The van der Waals surface area contributed by atoms with Gasteiger partial charge in [0.2, 0.25) is 5.91 Å². The van der Waals surface area contributed by atoms with Gasteiger partial charge in [-0.1, -0.05) is 24.3 Å². The highest BCUT2D eigenvalue weighted by atomic mass is 16.2. The molecule has 1 aliphatic heterocycles. The second kappa shape index (κ2) is 5.89. The second-order valence-electron chi connectivity index (χ2n) is 4.96. The van der Waals surface area contributed by atoms with Crippen LogP contribution in [0, 0.1) is 0 Å². The lowest BCUT2D eigenvalue weighted by Crippen LogP contribution is -2.52. The number of rotatable bonds is 4. The van der Waals surface area contributed by atoms with Gasteiger partial charge in [0.1, 0.15) is 6.04 Å². The van der Waals surface area contributed by atoms with Crippen LogP contribution in [-0.4, -0.2) is 31.1 Å². The second-order valence-corrected chi connectivity index (χ2v) is 4.96. The molecular weight excluding hydrogens is 238 g/mol. The monoisotopic (exact) mass is 259 g/mol. The van der Waals surface area contributed by atoms with E-state index in [2.05, 4.69) is 28.9 Å². The topological polar surface area (TPSA) is 58.4 Å². The molecule has 102 valence electrons. The minimum absolute atomic E-state index is 0.00352. The number of fused-ring (bicyclic) bond motifs is 1. The smallest absolute Gasteiger partial charge is 0.242 e. The molecule has 0 bridgehead atoms. The van der Waals surface area contributed by atoms with Gasteiger partial charge in [-0.15, -0.1) is 6.58 Å². The van der Waals surface area contributed by atoms with Crippen molar-refractivity contribution in [2.24, 2.45) is 5.73 Å². The van der Waals surface area contributed by atoms with Gasteiger partial charge in [-0.05, 0) is 25.0 Å². The summed E-state index contributed by atoms with van der Waals surface area (Å²) in [5.74, 6) is 0.00352. The van der Waals surface area contributed by atoms with E-state index in [1.807, 2.05) is 19.1 Å². The number of nitrogens with one attached hydrogen (secondary N) is 1. The van der Waals surface area contributed by atoms with Crippen LogP contribution >= 0.6 is 0 Å². The zero-order chi connectivity index (χ0) is 13.8. The molecule has 0 radical (unpaired) electrons. The van der Waals surface area contributed by atoms with Gasteiger partial charge in [0, 0.05) is 24.8 Å². The van der Waals surface area contributed by atoms with Crippen LogP contribution in [0.5, 0.6) is 0 Å². The fourth-order valence-electron chi connectivity index (χ4n) is 2.49. The Hall–Kier alpha value is -1.81. The predicted octanol–water partition coefficient (Wildman–Crippen LogP) is 1.07. The summed E-state index contributed by atoms with van der Waals surface area (Å²) in [6.45, 7) is 6.71. The van der Waals surface area contributed by atoms with E-state index in [9.17, 15) is 4.79 Å². The third kappa shape index (κ3) is 2.96. The Balaban J connectivity index is 2.20. The number of para-hydroxylation sites is 1. The average molecular weight is 259 g/mol. The van der Waals surface area contributed by atoms with Crippen LogP contribution in [0.15, 0.2) is 36.9 Å². The molecule has 1 amide bonds. The molecule has 0 saturated heterocycles. The van der Waals surface area contributed by atoms with E-state index in [-0.39, 0.29) is 18.0 Å². The summed E-state index contributed by atoms with van der Waals surface area (Å²) < 4.78 is 0. The van der Waals surface area contributed by atoms with Crippen LogP contribution in [0.3, 0.4) is 0 Å². The van der Waals surface area contributed by atoms with Gasteiger partial charge in [0.15, 0.2) is 0 Å². The van der Waals surface area contributed by atoms with Crippen molar-refractivity contribution in [1.82, 2.24) is 5.32 Å². The summed E-state index contributed by atoms with van der Waals surface area (Å²) in [6.07, 6.45) is 2.55. The number of nitrogens with zero attached hydrogens (tertiary/aromatic N) is 1. The maximum Gasteiger partial charge on any atom is 0.242 e. The first kappa shape index (κ1) is 13.6. The van der Waals surface area contributed by atoms with E-state index in [1.165, 1.54) is 5.56 Å². The van der Waals surface area contributed by atoms with Gasteiger partial charge < -0.3 is 16.0 Å². The predicted molar refractivity (Wildman–Crippen MR) is 78.1 cm³/mol. The molecule has 0 aromatic heterocycles. The molecule has 1 aromatic carbocycles. The highest BCUT2D eigenvalue weighted by Gasteiger charge is 2.28. The van der Waals surface area contributed by atoms with Gasteiger partial charge in [0.05, 0.1) is 0 Å². The van der Waals surface area contributed by atoms with E-state index in [0.29, 0.717) is 13.1 Å². The molecule has 0 aliphatic carbocycles. The molecular formula is C15H21N3O. The fourth-order valence-corrected chi connectivity index (χ4v) is 2.49. The average Bonchev–Trinajstić information content (AvgIpc) is 2.42. The van der Waals surface area contributed by atoms with Crippen LogP contribution < -0.4 is 16.0 Å². The van der Waals surface area contributed by atoms with Gasteiger partial charge in [-0.25, -0.2) is 0 Å².